The normalized spacial score (nSPS) is 20.0. The molecule has 0 bridgehead atoms. The average Bonchev–Trinajstić information content (AvgIpc) is 2.55. The molecule has 0 aliphatic carbocycles. The van der Waals surface area contributed by atoms with Crippen LogP contribution in [0.15, 0.2) is 0 Å². The Balaban J connectivity index is 5.02. The maximum absolute atomic E-state index is 13.1. The van der Waals surface area contributed by atoms with Crippen LogP contribution in [-0.4, -0.2) is 23.2 Å². The molecule has 7 atom stereocenters. The minimum atomic E-state index is -0.528. The molecule has 0 spiro atoms. The zero-order valence-corrected chi connectivity index (χ0v) is 19.9. The third kappa shape index (κ3) is 9.96. The first-order chi connectivity index (χ1) is 12.4. The van der Waals surface area contributed by atoms with Crippen molar-refractivity contribution in [1.29, 1.82) is 0 Å². The number of carbonyl (C=O) groups excluding carboxylic acids is 1. The highest BCUT2D eigenvalue weighted by molar-refractivity contribution is 5.79. The van der Waals surface area contributed by atoms with Crippen LogP contribution in [0, 0.1) is 41.4 Å². The third-order valence-corrected chi connectivity index (χ3v) is 6.46. The minimum Gasteiger partial charge on any atom is -0.391 e. The highest BCUT2D eigenvalue weighted by Crippen LogP contribution is 2.31. The molecule has 27 heavy (non-hydrogen) atoms. The summed E-state index contributed by atoms with van der Waals surface area (Å²) in [5.41, 5.74) is 0. The van der Waals surface area contributed by atoms with Crippen LogP contribution in [-0.2, 0) is 4.79 Å². The molecular weight excluding hydrogens is 334 g/mol. The Morgan fingerprint density at radius 1 is 0.815 bits per heavy atom. The van der Waals surface area contributed by atoms with E-state index in [0.29, 0.717) is 17.8 Å². The summed E-state index contributed by atoms with van der Waals surface area (Å²) in [7, 11) is 0. The van der Waals surface area contributed by atoms with Crippen molar-refractivity contribution >= 4 is 5.91 Å². The van der Waals surface area contributed by atoms with Gasteiger partial charge in [-0.1, -0.05) is 68.7 Å². The van der Waals surface area contributed by atoms with Gasteiger partial charge in [0.2, 0.25) is 5.91 Å². The van der Waals surface area contributed by atoms with E-state index in [0.717, 1.165) is 24.7 Å². The van der Waals surface area contributed by atoms with Gasteiger partial charge in [0.15, 0.2) is 0 Å². The van der Waals surface area contributed by atoms with Crippen LogP contribution in [0.4, 0.5) is 0 Å². The molecule has 0 radical (unpaired) electrons. The maximum atomic E-state index is 13.1. The predicted octanol–water partition coefficient (Wildman–Crippen LogP) is 5.90. The van der Waals surface area contributed by atoms with Crippen LogP contribution in [0.3, 0.4) is 0 Å². The van der Waals surface area contributed by atoms with Gasteiger partial charge in [0.25, 0.3) is 0 Å². The van der Waals surface area contributed by atoms with Gasteiger partial charge < -0.3 is 10.4 Å². The highest BCUT2D eigenvalue weighted by atomic mass is 16.3. The predicted molar refractivity (Wildman–Crippen MR) is 118 cm³/mol. The lowest BCUT2D eigenvalue weighted by atomic mass is 9.77. The number of nitrogens with one attached hydrogen (secondary N) is 1. The first kappa shape index (κ1) is 26.4. The van der Waals surface area contributed by atoms with Crippen molar-refractivity contribution in [1.82, 2.24) is 5.32 Å². The van der Waals surface area contributed by atoms with Gasteiger partial charge in [-0.25, -0.2) is 0 Å². The van der Waals surface area contributed by atoms with E-state index in [9.17, 15) is 9.90 Å². The first-order valence-electron chi connectivity index (χ1n) is 11.4. The molecule has 1 amide bonds. The molecule has 0 aromatic rings. The molecule has 2 N–H and O–H groups in total. The van der Waals surface area contributed by atoms with Crippen molar-refractivity contribution in [3.8, 4) is 0 Å². The van der Waals surface area contributed by atoms with Gasteiger partial charge in [-0.3, -0.25) is 4.79 Å². The van der Waals surface area contributed by atoms with E-state index in [1.165, 1.54) is 12.8 Å². The molecule has 162 valence electrons. The number of aliphatic hydroxyl groups excluding tert-OH is 1. The number of amides is 1. The number of carbonyl (C=O) groups is 1. The lowest BCUT2D eigenvalue weighted by Crippen LogP contribution is -2.49. The fourth-order valence-corrected chi connectivity index (χ4v) is 4.39. The summed E-state index contributed by atoms with van der Waals surface area (Å²) in [6.07, 6.45) is 3.94. The Morgan fingerprint density at radius 2 is 1.33 bits per heavy atom. The summed E-state index contributed by atoms with van der Waals surface area (Å²) < 4.78 is 0. The van der Waals surface area contributed by atoms with Gasteiger partial charge in [-0.15, -0.1) is 0 Å². The molecule has 0 aliphatic rings. The number of rotatable bonds is 13. The monoisotopic (exact) mass is 383 g/mol. The van der Waals surface area contributed by atoms with Crippen LogP contribution in [0.1, 0.15) is 94.9 Å². The first-order valence-corrected chi connectivity index (χ1v) is 11.4. The Bertz CT molecular complexity index is 397. The minimum absolute atomic E-state index is 0.0198. The van der Waals surface area contributed by atoms with E-state index >= 15 is 0 Å². The van der Waals surface area contributed by atoms with Crippen molar-refractivity contribution in [2.24, 2.45) is 41.4 Å². The lowest BCUT2D eigenvalue weighted by molar-refractivity contribution is -0.129. The summed E-state index contributed by atoms with van der Waals surface area (Å²) in [5.74, 6) is 3.33. The Hall–Kier alpha value is -0.570. The maximum Gasteiger partial charge on any atom is 0.223 e. The Kier molecular flexibility index (Phi) is 12.5. The second kappa shape index (κ2) is 12.8. The van der Waals surface area contributed by atoms with E-state index in [2.05, 4.69) is 67.6 Å². The van der Waals surface area contributed by atoms with Crippen LogP contribution < -0.4 is 5.32 Å². The zero-order valence-electron chi connectivity index (χ0n) is 19.9. The van der Waals surface area contributed by atoms with Gasteiger partial charge in [-0.05, 0) is 61.7 Å². The van der Waals surface area contributed by atoms with Crippen LogP contribution in [0.2, 0.25) is 0 Å². The lowest BCUT2D eigenvalue weighted by Gasteiger charge is -2.32. The van der Waals surface area contributed by atoms with Crippen molar-refractivity contribution < 1.29 is 9.90 Å². The van der Waals surface area contributed by atoms with Crippen LogP contribution in [0.5, 0.6) is 0 Å². The van der Waals surface area contributed by atoms with Crippen molar-refractivity contribution in [3.05, 3.63) is 0 Å². The van der Waals surface area contributed by atoms with Gasteiger partial charge in [-0.2, -0.15) is 0 Å². The summed E-state index contributed by atoms with van der Waals surface area (Å²) in [4.78, 5) is 13.1. The molecule has 7 unspecified atom stereocenters. The molecule has 3 nitrogen and oxygen atoms in total. The van der Waals surface area contributed by atoms with Gasteiger partial charge in [0, 0.05) is 5.92 Å². The highest BCUT2D eigenvalue weighted by Gasteiger charge is 2.31. The molecule has 0 aliphatic heterocycles. The average molecular weight is 384 g/mol. The van der Waals surface area contributed by atoms with Crippen LogP contribution in [0.25, 0.3) is 0 Å². The smallest absolute Gasteiger partial charge is 0.223 e. The van der Waals surface area contributed by atoms with Crippen LogP contribution >= 0.6 is 0 Å². The molecular formula is C24H49NO2. The van der Waals surface area contributed by atoms with E-state index in [-0.39, 0.29) is 23.8 Å². The summed E-state index contributed by atoms with van der Waals surface area (Å²) in [6, 6.07) is -0.179. The summed E-state index contributed by atoms with van der Waals surface area (Å²) in [6.45, 7) is 21.8. The number of aliphatic hydroxyl groups is 1. The fraction of sp³-hybridized carbons (Fsp3) is 0.958. The molecule has 0 fully saturated rings. The second-order valence-corrected chi connectivity index (χ2v) is 10.2. The molecule has 0 heterocycles. The summed E-state index contributed by atoms with van der Waals surface area (Å²) >= 11 is 0. The molecule has 0 saturated carbocycles. The molecule has 0 saturated heterocycles. The van der Waals surface area contributed by atoms with Gasteiger partial charge >= 0.3 is 0 Å². The largest absolute Gasteiger partial charge is 0.391 e. The quantitative estimate of drug-likeness (QED) is 0.415. The fourth-order valence-electron chi connectivity index (χ4n) is 4.39. The molecule has 0 aromatic heterocycles. The van der Waals surface area contributed by atoms with Crippen molar-refractivity contribution in [2.45, 2.75) is 107 Å². The topological polar surface area (TPSA) is 49.3 Å². The van der Waals surface area contributed by atoms with E-state index in [4.69, 9.17) is 0 Å². The molecule has 0 aromatic carbocycles. The standard InChI is InChI=1S/C24H49NO2/c1-11-18(7)19(8)13-17(6)14-20(9)22(12-15(2)3)24(27)25-23(16(4)5)21(10)26/h15-23,26H,11-14H2,1-10H3,(H,25,27). The Labute approximate surface area is 170 Å². The number of hydrogen-bond acceptors (Lipinski definition) is 2. The third-order valence-electron chi connectivity index (χ3n) is 6.46. The van der Waals surface area contributed by atoms with Crippen molar-refractivity contribution in [2.75, 3.05) is 0 Å². The van der Waals surface area contributed by atoms with E-state index in [1.54, 1.807) is 6.92 Å². The molecule has 3 heteroatoms. The number of hydrogen-bond donors (Lipinski definition) is 2. The van der Waals surface area contributed by atoms with E-state index < -0.39 is 6.10 Å². The second-order valence-electron chi connectivity index (χ2n) is 10.2. The SMILES string of the molecule is CCC(C)C(C)CC(C)CC(C)C(CC(C)C)C(=O)NC(C(C)C)C(C)O. The van der Waals surface area contributed by atoms with Crippen molar-refractivity contribution in [3.63, 3.8) is 0 Å². The van der Waals surface area contributed by atoms with E-state index in [1.807, 2.05) is 0 Å². The molecule has 0 rings (SSSR count). The zero-order chi connectivity index (χ0) is 21.3. The summed E-state index contributed by atoms with van der Waals surface area (Å²) in [5, 5.41) is 13.2. The van der Waals surface area contributed by atoms with Gasteiger partial charge in [0.05, 0.1) is 12.1 Å². The Morgan fingerprint density at radius 3 is 1.74 bits per heavy atom. The van der Waals surface area contributed by atoms with Gasteiger partial charge in [0.1, 0.15) is 0 Å².